The summed E-state index contributed by atoms with van der Waals surface area (Å²) in [5.74, 6) is 1.03. The lowest BCUT2D eigenvalue weighted by Crippen LogP contribution is -2.25. The molecule has 3 aromatic rings. The topological polar surface area (TPSA) is 71.1 Å². The molecule has 1 unspecified atom stereocenters. The number of benzene rings is 1. The van der Waals surface area contributed by atoms with Gasteiger partial charge in [-0.15, -0.1) is 0 Å². The Morgan fingerprint density at radius 1 is 1.22 bits per heavy atom. The third-order valence-electron chi connectivity index (χ3n) is 5.54. The smallest absolute Gasteiger partial charge is 0.433 e. The highest BCUT2D eigenvalue weighted by atomic mass is 19.4. The number of carbonyl (C=O) groups excluding carboxylic acids is 1. The van der Waals surface area contributed by atoms with E-state index in [2.05, 4.69) is 15.2 Å². The number of aromatic amines is 1. The van der Waals surface area contributed by atoms with E-state index in [4.69, 9.17) is 4.74 Å². The van der Waals surface area contributed by atoms with Gasteiger partial charge >= 0.3 is 6.18 Å². The summed E-state index contributed by atoms with van der Waals surface area (Å²) in [7, 11) is 0. The van der Waals surface area contributed by atoms with Gasteiger partial charge in [0.2, 0.25) is 0 Å². The van der Waals surface area contributed by atoms with E-state index in [1.807, 2.05) is 31.2 Å². The molecule has 2 aromatic heterocycles. The van der Waals surface area contributed by atoms with Crippen LogP contribution in [0.25, 0.3) is 0 Å². The number of rotatable bonds is 7. The van der Waals surface area contributed by atoms with Crippen LogP contribution in [0.1, 0.15) is 47.4 Å². The van der Waals surface area contributed by atoms with Crippen LogP contribution in [-0.4, -0.2) is 40.2 Å². The minimum Gasteiger partial charge on any atom is -0.489 e. The second kappa shape index (κ2) is 9.02. The molecule has 1 aliphatic rings. The first-order valence-corrected chi connectivity index (χ1v) is 10.4. The Bertz CT molecular complexity index is 1050. The molecule has 0 spiro atoms. The zero-order valence-electron chi connectivity index (χ0n) is 17.5. The summed E-state index contributed by atoms with van der Waals surface area (Å²) in [6.45, 7) is 3.02. The van der Waals surface area contributed by atoms with Crippen LogP contribution in [0.3, 0.4) is 0 Å². The minimum atomic E-state index is -4.46. The SMILES string of the molecule is C[C@H](CC(=O)c1ccn[nH]1)c1ccc(OC2CCN(c3cccc(C(F)(F)F)n3)C2)cc1. The molecule has 1 N–H and O–H groups in total. The number of halogens is 3. The summed E-state index contributed by atoms with van der Waals surface area (Å²) in [5.41, 5.74) is 0.624. The first-order valence-electron chi connectivity index (χ1n) is 10.4. The van der Waals surface area contributed by atoms with Gasteiger partial charge in [-0.1, -0.05) is 25.1 Å². The van der Waals surface area contributed by atoms with Gasteiger partial charge in [0.25, 0.3) is 0 Å². The number of nitrogens with zero attached hydrogens (tertiary/aromatic N) is 3. The molecule has 2 atom stereocenters. The van der Waals surface area contributed by atoms with E-state index in [0.717, 1.165) is 11.6 Å². The van der Waals surface area contributed by atoms with Crippen molar-refractivity contribution in [1.29, 1.82) is 0 Å². The molecule has 168 valence electrons. The standard InChI is InChI=1S/C23H23F3N4O2/c1-15(13-20(31)19-9-11-27-29-19)16-5-7-17(8-6-16)32-18-10-12-30(14-18)22-4-2-3-21(28-22)23(24,25)26/h2-9,11,15,18H,10,12-14H2,1H3,(H,27,29)/t15-,18?/m1/s1. The van der Waals surface area contributed by atoms with Crippen molar-refractivity contribution in [2.75, 3.05) is 18.0 Å². The molecule has 0 saturated carbocycles. The fraction of sp³-hybridized carbons (Fsp3) is 0.348. The number of hydrogen-bond donors (Lipinski definition) is 1. The number of hydrogen-bond acceptors (Lipinski definition) is 5. The summed E-state index contributed by atoms with van der Waals surface area (Å²) < 4.78 is 44.8. The Balaban J connectivity index is 1.33. The molecule has 1 saturated heterocycles. The summed E-state index contributed by atoms with van der Waals surface area (Å²) in [5, 5.41) is 6.49. The number of Topliss-reactive ketones (excluding diaryl/α,β-unsaturated/α-hetero) is 1. The van der Waals surface area contributed by atoms with Crippen LogP contribution in [0, 0.1) is 0 Å². The predicted octanol–water partition coefficient (Wildman–Crippen LogP) is 4.86. The van der Waals surface area contributed by atoms with Crippen molar-refractivity contribution in [3.8, 4) is 5.75 Å². The van der Waals surface area contributed by atoms with Gasteiger partial charge in [-0.3, -0.25) is 9.89 Å². The highest BCUT2D eigenvalue weighted by Gasteiger charge is 2.33. The number of ketones is 1. The van der Waals surface area contributed by atoms with Gasteiger partial charge in [-0.2, -0.15) is 18.3 Å². The van der Waals surface area contributed by atoms with Crippen molar-refractivity contribution < 1.29 is 22.7 Å². The van der Waals surface area contributed by atoms with Crippen molar-refractivity contribution >= 4 is 11.6 Å². The third-order valence-corrected chi connectivity index (χ3v) is 5.54. The number of carbonyl (C=O) groups is 1. The molecule has 0 aliphatic carbocycles. The van der Waals surface area contributed by atoms with Gasteiger partial charge in [0.15, 0.2) is 5.78 Å². The van der Waals surface area contributed by atoms with E-state index in [1.54, 1.807) is 23.2 Å². The largest absolute Gasteiger partial charge is 0.489 e. The third kappa shape index (κ3) is 5.09. The minimum absolute atomic E-state index is 0.00424. The summed E-state index contributed by atoms with van der Waals surface area (Å²) in [6, 6.07) is 13.2. The molecule has 4 rings (SSSR count). The van der Waals surface area contributed by atoms with Crippen LogP contribution in [0.4, 0.5) is 19.0 Å². The van der Waals surface area contributed by atoms with E-state index in [1.165, 1.54) is 6.07 Å². The number of ether oxygens (including phenoxy) is 1. The molecule has 9 heteroatoms. The second-order valence-electron chi connectivity index (χ2n) is 7.92. The summed E-state index contributed by atoms with van der Waals surface area (Å²) in [6.07, 6.45) is -2.00. The van der Waals surface area contributed by atoms with E-state index in [0.29, 0.717) is 43.2 Å². The van der Waals surface area contributed by atoms with Crippen molar-refractivity contribution in [2.45, 2.75) is 38.0 Å². The lowest BCUT2D eigenvalue weighted by atomic mass is 9.95. The molecule has 0 radical (unpaired) electrons. The number of alkyl halides is 3. The predicted molar refractivity (Wildman–Crippen MR) is 113 cm³/mol. The molecule has 0 amide bonds. The van der Waals surface area contributed by atoms with Gasteiger partial charge in [-0.05, 0) is 41.8 Å². The molecule has 6 nitrogen and oxygen atoms in total. The maximum Gasteiger partial charge on any atom is 0.433 e. The second-order valence-corrected chi connectivity index (χ2v) is 7.92. The zero-order valence-corrected chi connectivity index (χ0v) is 17.5. The van der Waals surface area contributed by atoms with E-state index in [-0.39, 0.29) is 17.8 Å². The normalized spacial score (nSPS) is 17.4. The summed E-state index contributed by atoms with van der Waals surface area (Å²) in [4.78, 5) is 17.8. The maximum atomic E-state index is 12.9. The van der Waals surface area contributed by atoms with Crippen LogP contribution < -0.4 is 9.64 Å². The Kier molecular flexibility index (Phi) is 6.16. The van der Waals surface area contributed by atoms with E-state index in [9.17, 15) is 18.0 Å². The van der Waals surface area contributed by atoms with E-state index >= 15 is 0 Å². The van der Waals surface area contributed by atoms with E-state index < -0.39 is 11.9 Å². The fourth-order valence-electron chi connectivity index (χ4n) is 3.77. The van der Waals surface area contributed by atoms with Gasteiger partial charge in [-0.25, -0.2) is 4.98 Å². The van der Waals surface area contributed by atoms with Gasteiger partial charge < -0.3 is 9.64 Å². The lowest BCUT2D eigenvalue weighted by molar-refractivity contribution is -0.141. The molecule has 1 aromatic carbocycles. The number of nitrogens with one attached hydrogen (secondary N) is 1. The Labute approximate surface area is 183 Å². The monoisotopic (exact) mass is 444 g/mol. The molecule has 1 fully saturated rings. The van der Waals surface area contributed by atoms with Crippen molar-refractivity contribution in [2.24, 2.45) is 0 Å². The number of aromatic nitrogens is 3. The molecular formula is C23H23F3N4O2. The average Bonchev–Trinajstić information content (AvgIpc) is 3.46. The Hall–Kier alpha value is -3.36. The first-order chi connectivity index (χ1) is 15.3. The van der Waals surface area contributed by atoms with Gasteiger partial charge in [0.05, 0.1) is 6.54 Å². The maximum absolute atomic E-state index is 12.9. The van der Waals surface area contributed by atoms with Crippen LogP contribution in [0.15, 0.2) is 54.7 Å². The van der Waals surface area contributed by atoms with Crippen LogP contribution in [-0.2, 0) is 6.18 Å². The summed E-state index contributed by atoms with van der Waals surface area (Å²) >= 11 is 0. The van der Waals surface area contributed by atoms with Gasteiger partial charge in [0.1, 0.15) is 29.1 Å². The number of pyridine rings is 1. The fourth-order valence-corrected chi connectivity index (χ4v) is 3.77. The van der Waals surface area contributed by atoms with Crippen molar-refractivity contribution in [1.82, 2.24) is 15.2 Å². The average molecular weight is 444 g/mol. The molecule has 3 heterocycles. The molecule has 1 aliphatic heterocycles. The number of H-pyrrole nitrogens is 1. The lowest BCUT2D eigenvalue weighted by Gasteiger charge is -2.19. The first kappa shape index (κ1) is 21.9. The van der Waals surface area contributed by atoms with Crippen LogP contribution in [0.5, 0.6) is 5.75 Å². The van der Waals surface area contributed by atoms with Crippen molar-refractivity contribution in [3.05, 3.63) is 71.7 Å². The highest BCUT2D eigenvalue weighted by Crippen LogP contribution is 2.30. The quantitative estimate of drug-likeness (QED) is 0.527. The number of anilines is 1. The molecule has 0 bridgehead atoms. The Morgan fingerprint density at radius 2 is 2.00 bits per heavy atom. The molecular weight excluding hydrogens is 421 g/mol. The van der Waals surface area contributed by atoms with Gasteiger partial charge in [0, 0.05) is 25.6 Å². The zero-order chi connectivity index (χ0) is 22.7. The Morgan fingerprint density at radius 3 is 2.69 bits per heavy atom. The molecule has 32 heavy (non-hydrogen) atoms. The van der Waals surface area contributed by atoms with Crippen molar-refractivity contribution in [3.63, 3.8) is 0 Å². The van der Waals surface area contributed by atoms with Crippen LogP contribution in [0.2, 0.25) is 0 Å². The highest BCUT2D eigenvalue weighted by molar-refractivity contribution is 5.94. The van der Waals surface area contributed by atoms with Crippen LogP contribution >= 0.6 is 0 Å².